The van der Waals surface area contributed by atoms with Gasteiger partial charge in [0, 0.05) is 10.8 Å². The lowest BCUT2D eigenvalue weighted by molar-refractivity contribution is 0.719. The molecule has 1 heteroatoms. The fourth-order valence-corrected chi connectivity index (χ4v) is 2.50. The van der Waals surface area contributed by atoms with Crippen LogP contribution in [0.4, 0.5) is 0 Å². The van der Waals surface area contributed by atoms with E-state index in [1.807, 2.05) is 0 Å². The van der Waals surface area contributed by atoms with E-state index in [1.54, 1.807) is 0 Å². The van der Waals surface area contributed by atoms with E-state index in [4.69, 9.17) is 4.98 Å². The summed E-state index contributed by atoms with van der Waals surface area (Å²) in [5.41, 5.74) is 2.33. The van der Waals surface area contributed by atoms with Gasteiger partial charge in [0.05, 0.1) is 11.2 Å². The van der Waals surface area contributed by atoms with Gasteiger partial charge in [-0.15, -0.1) is 0 Å². The van der Waals surface area contributed by atoms with Gasteiger partial charge in [0.25, 0.3) is 0 Å². The molecule has 1 aromatic heterocycles. The highest BCUT2D eigenvalue weighted by atomic mass is 14.7. The van der Waals surface area contributed by atoms with Gasteiger partial charge in [0.15, 0.2) is 0 Å². The molecule has 0 aliphatic rings. The Balaban J connectivity index is 2.46. The number of aromatic nitrogens is 1. The number of pyridine rings is 1. The normalized spacial score (nSPS) is 13.0. The monoisotopic (exact) mass is 235 g/mol. The summed E-state index contributed by atoms with van der Waals surface area (Å²) in [5, 5.41) is 3.86. The van der Waals surface area contributed by atoms with Gasteiger partial charge < -0.3 is 0 Å². The highest BCUT2D eigenvalue weighted by molar-refractivity contribution is 6.06. The Bertz CT molecular complexity index is 700. The van der Waals surface area contributed by atoms with Crippen molar-refractivity contribution in [2.24, 2.45) is 0 Å². The minimum Gasteiger partial charge on any atom is -0.252 e. The summed E-state index contributed by atoms with van der Waals surface area (Å²) < 4.78 is 0. The Kier molecular flexibility index (Phi) is 2.75. The Labute approximate surface area is 107 Å². The highest BCUT2D eigenvalue weighted by Crippen LogP contribution is 2.30. The lowest BCUT2D eigenvalue weighted by Crippen LogP contribution is -1.98. The Morgan fingerprint density at radius 1 is 0.889 bits per heavy atom. The first-order valence-electron chi connectivity index (χ1n) is 6.58. The third kappa shape index (κ3) is 1.67. The average molecular weight is 235 g/mol. The molecular formula is C17H17N. The molecule has 0 saturated heterocycles. The van der Waals surface area contributed by atoms with Crippen molar-refractivity contribution in [1.29, 1.82) is 0 Å². The highest BCUT2D eigenvalue weighted by Gasteiger charge is 2.11. The van der Waals surface area contributed by atoms with Crippen LogP contribution in [0.1, 0.15) is 31.9 Å². The predicted octanol–water partition coefficient (Wildman–Crippen LogP) is 4.90. The molecule has 0 aliphatic heterocycles. The van der Waals surface area contributed by atoms with Crippen molar-refractivity contribution in [3.05, 3.63) is 54.2 Å². The van der Waals surface area contributed by atoms with Crippen molar-refractivity contribution in [2.45, 2.75) is 26.2 Å². The number of nitrogens with zero attached hydrogens (tertiary/aromatic N) is 1. The SMILES string of the molecule is CCC(C)c1nc2ccccc2c2ccccc12. The lowest BCUT2D eigenvalue weighted by atomic mass is 9.96. The van der Waals surface area contributed by atoms with Crippen molar-refractivity contribution < 1.29 is 0 Å². The van der Waals surface area contributed by atoms with Crippen LogP contribution < -0.4 is 0 Å². The molecule has 0 aliphatic carbocycles. The molecule has 0 saturated carbocycles. The number of hydrogen-bond acceptors (Lipinski definition) is 1. The largest absolute Gasteiger partial charge is 0.252 e. The van der Waals surface area contributed by atoms with Crippen LogP contribution in [0.25, 0.3) is 21.7 Å². The maximum Gasteiger partial charge on any atom is 0.0711 e. The van der Waals surface area contributed by atoms with Gasteiger partial charge in [0.2, 0.25) is 0 Å². The lowest BCUT2D eigenvalue weighted by Gasteiger charge is -2.13. The van der Waals surface area contributed by atoms with E-state index in [0.717, 1.165) is 11.9 Å². The molecule has 2 aromatic carbocycles. The Hall–Kier alpha value is -1.89. The van der Waals surface area contributed by atoms with Crippen molar-refractivity contribution in [3.8, 4) is 0 Å². The van der Waals surface area contributed by atoms with Crippen LogP contribution >= 0.6 is 0 Å². The van der Waals surface area contributed by atoms with Gasteiger partial charge >= 0.3 is 0 Å². The van der Waals surface area contributed by atoms with E-state index in [0.29, 0.717) is 5.92 Å². The van der Waals surface area contributed by atoms with Crippen LogP contribution in [0.5, 0.6) is 0 Å². The van der Waals surface area contributed by atoms with Crippen LogP contribution in [-0.4, -0.2) is 4.98 Å². The van der Waals surface area contributed by atoms with E-state index >= 15 is 0 Å². The maximum atomic E-state index is 4.87. The van der Waals surface area contributed by atoms with Crippen molar-refractivity contribution in [1.82, 2.24) is 4.98 Å². The third-order valence-corrected chi connectivity index (χ3v) is 3.72. The van der Waals surface area contributed by atoms with Gasteiger partial charge in [-0.1, -0.05) is 56.3 Å². The minimum absolute atomic E-state index is 0.500. The first-order valence-corrected chi connectivity index (χ1v) is 6.58. The molecule has 18 heavy (non-hydrogen) atoms. The number of rotatable bonds is 2. The summed E-state index contributed by atoms with van der Waals surface area (Å²) in [6, 6.07) is 17.0. The summed E-state index contributed by atoms with van der Waals surface area (Å²) in [5.74, 6) is 0.500. The molecule has 0 fully saturated rings. The van der Waals surface area contributed by atoms with E-state index in [2.05, 4.69) is 62.4 Å². The van der Waals surface area contributed by atoms with E-state index in [1.165, 1.54) is 21.9 Å². The fourth-order valence-electron chi connectivity index (χ4n) is 2.50. The maximum absolute atomic E-state index is 4.87. The molecule has 0 amide bonds. The fraction of sp³-hybridized carbons (Fsp3) is 0.235. The van der Waals surface area contributed by atoms with Crippen LogP contribution in [0.3, 0.4) is 0 Å². The second-order valence-electron chi connectivity index (χ2n) is 4.87. The summed E-state index contributed by atoms with van der Waals surface area (Å²) in [6.45, 7) is 4.47. The molecule has 0 N–H and O–H groups in total. The number of para-hydroxylation sites is 1. The molecule has 1 heterocycles. The van der Waals surface area contributed by atoms with Crippen LogP contribution in [0.15, 0.2) is 48.5 Å². The predicted molar refractivity (Wildman–Crippen MR) is 78.0 cm³/mol. The molecule has 0 spiro atoms. The second-order valence-corrected chi connectivity index (χ2v) is 4.87. The molecule has 3 aromatic rings. The zero-order valence-electron chi connectivity index (χ0n) is 10.9. The summed E-state index contributed by atoms with van der Waals surface area (Å²) >= 11 is 0. The minimum atomic E-state index is 0.500. The van der Waals surface area contributed by atoms with Gasteiger partial charge in [-0.3, -0.25) is 4.98 Å². The standard InChI is InChI=1S/C17H17N/c1-3-12(2)17-15-10-5-4-8-13(15)14-9-6-7-11-16(14)18-17/h4-12H,3H2,1-2H3. The molecular weight excluding hydrogens is 218 g/mol. The average Bonchev–Trinajstić information content (AvgIpc) is 2.45. The third-order valence-electron chi connectivity index (χ3n) is 3.72. The van der Waals surface area contributed by atoms with E-state index in [9.17, 15) is 0 Å². The van der Waals surface area contributed by atoms with Gasteiger partial charge in [-0.2, -0.15) is 0 Å². The van der Waals surface area contributed by atoms with Gasteiger partial charge in [-0.05, 0) is 23.8 Å². The van der Waals surface area contributed by atoms with Crippen LogP contribution in [0, 0.1) is 0 Å². The van der Waals surface area contributed by atoms with E-state index < -0.39 is 0 Å². The zero-order valence-corrected chi connectivity index (χ0v) is 10.9. The summed E-state index contributed by atoms with van der Waals surface area (Å²) in [4.78, 5) is 4.87. The smallest absolute Gasteiger partial charge is 0.0711 e. The Morgan fingerprint density at radius 2 is 1.50 bits per heavy atom. The Morgan fingerprint density at radius 3 is 2.22 bits per heavy atom. The summed E-state index contributed by atoms with van der Waals surface area (Å²) in [7, 11) is 0. The molecule has 0 bridgehead atoms. The van der Waals surface area contributed by atoms with E-state index in [-0.39, 0.29) is 0 Å². The molecule has 0 radical (unpaired) electrons. The molecule has 3 rings (SSSR count). The zero-order chi connectivity index (χ0) is 12.5. The number of fused-ring (bicyclic) bond motifs is 3. The van der Waals surface area contributed by atoms with Crippen LogP contribution in [0.2, 0.25) is 0 Å². The van der Waals surface area contributed by atoms with Crippen molar-refractivity contribution in [2.75, 3.05) is 0 Å². The van der Waals surface area contributed by atoms with Crippen molar-refractivity contribution in [3.63, 3.8) is 0 Å². The number of hydrogen-bond donors (Lipinski definition) is 0. The topological polar surface area (TPSA) is 12.9 Å². The van der Waals surface area contributed by atoms with Crippen LogP contribution in [-0.2, 0) is 0 Å². The first kappa shape index (κ1) is 11.2. The quantitative estimate of drug-likeness (QED) is 0.575. The molecule has 1 unspecified atom stereocenters. The second kappa shape index (κ2) is 4.41. The first-order chi connectivity index (χ1) is 8.81. The number of benzene rings is 2. The van der Waals surface area contributed by atoms with Crippen molar-refractivity contribution >= 4 is 21.7 Å². The molecule has 1 nitrogen and oxygen atoms in total. The molecule has 1 atom stereocenters. The summed E-state index contributed by atoms with van der Waals surface area (Å²) in [6.07, 6.45) is 1.12. The van der Waals surface area contributed by atoms with Gasteiger partial charge in [0.1, 0.15) is 0 Å². The molecule has 90 valence electrons. The van der Waals surface area contributed by atoms with Gasteiger partial charge in [-0.25, -0.2) is 0 Å².